The maximum Gasteiger partial charge on any atom is 0.339 e. The van der Waals surface area contributed by atoms with Gasteiger partial charge in [-0.05, 0) is 18.6 Å². The molecule has 0 aliphatic carbocycles. The molecule has 0 spiro atoms. The summed E-state index contributed by atoms with van der Waals surface area (Å²) in [6, 6.07) is 5.16. The standard InChI is InChI=1S/C12H11NO5/c14-10-6-5-8(13-10)12(17)18-9-4-2-1-3-7(9)11(15)16/h1-4,8H,5-6H2,(H,13,14)(H,15,16)/t8-/m0/s1. The number of carbonyl (C=O) groups excluding carboxylic acids is 2. The fourth-order valence-electron chi connectivity index (χ4n) is 1.70. The highest BCUT2D eigenvalue weighted by Crippen LogP contribution is 2.19. The van der Waals surface area contributed by atoms with Crippen molar-refractivity contribution in [2.24, 2.45) is 0 Å². The highest BCUT2D eigenvalue weighted by atomic mass is 16.5. The number of benzene rings is 1. The van der Waals surface area contributed by atoms with Crippen molar-refractivity contribution in [2.45, 2.75) is 18.9 Å². The van der Waals surface area contributed by atoms with Gasteiger partial charge in [-0.15, -0.1) is 0 Å². The summed E-state index contributed by atoms with van der Waals surface area (Å²) in [5.41, 5.74) is -0.0878. The summed E-state index contributed by atoms with van der Waals surface area (Å²) in [6.45, 7) is 0. The Morgan fingerprint density at radius 2 is 2.06 bits per heavy atom. The van der Waals surface area contributed by atoms with Gasteiger partial charge in [0.1, 0.15) is 17.4 Å². The number of esters is 1. The van der Waals surface area contributed by atoms with Gasteiger partial charge >= 0.3 is 11.9 Å². The van der Waals surface area contributed by atoms with Crippen molar-refractivity contribution in [3.8, 4) is 5.75 Å². The smallest absolute Gasteiger partial charge is 0.339 e. The van der Waals surface area contributed by atoms with Crippen LogP contribution in [-0.2, 0) is 9.59 Å². The lowest BCUT2D eigenvalue weighted by Gasteiger charge is -2.11. The van der Waals surface area contributed by atoms with Crippen LogP contribution in [0, 0.1) is 0 Å². The van der Waals surface area contributed by atoms with E-state index in [0.717, 1.165) is 0 Å². The maximum atomic E-state index is 11.7. The van der Waals surface area contributed by atoms with Crippen LogP contribution in [-0.4, -0.2) is 29.0 Å². The molecule has 1 aromatic carbocycles. The van der Waals surface area contributed by atoms with Crippen LogP contribution in [0.1, 0.15) is 23.2 Å². The minimum absolute atomic E-state index is 0.0175. The average molecular weight is 249 g/mol. The van der Waals surface area contributed by atoms with E-state index in [2.05, 4.69) is 5.32 Å². The number of rotatable bonds is 3. The van der Waals surface area contributed by atoms with Gasteiger partial charge in [0.05, 0.1) is 0 Å². The van der Waals surface area contributed by atoms with Gasteiger partial charge in [0, 0.05) is 6.42 Å². The molecular formula is C12H11NO5. The van der Waals surface area contributed by atoms with E-state index in [0.29, 0.717) is 6.42 Å². The number of carboxylic acid groups (broad SMARTS) is 1. The van der Waals surface area contributed by atoms with E-state index in [-0.39, 0.29) is 23.6 Å². The van der Waals surface area contributed by atoms with Crippen molar-refractivity contribution < 1.29 is 24.2 Å². The molecule has 1 fully saturated rings. The number of hydrogen-bond donors (Lipinski definition) is 2. The molecule has 0 radical (unpaired) electrons. The van der Waals surface area contributed by atoms with Crippen molar-refractivity contribution in [3.05, 3.63) is 29.8 Å². The van der Waals surface area contributed by atoms with Crippen LogP contribution in [0.5, 0.6) is 5.75 Å². The second kappa shape index (κ2) is 4.87. The third-order valence-electron chi connectivity index (χ3n) is 2.61. The molecule has 2 rings (SSSR count). The molecule has 1 atom stereocenters. The van der Waals surface area contributed by atoms with E-state index in [9.17, 15) is 14.4 Å². The molecule has 0 unspecified atom stereocenters. The van der Waals surface area contributed by atoms with Crippen molar-refractivity contribution in [1.29, 1.82) is 0 Å². The summed E-state index contributed by atoms with van der Waals surface area (Å²) >= 11 is 0. The van der Waals surface area contributed by atoms with Crippen LogP contribution in [0.4, 0.5) is 0 Å². The van der Waals surface area contributed by atoms with Crippen molar-refractivity contribution >= 4 is 17.8 Å². The first kappa shape index (κ1) is 12.1. The lowest BCUT2D eigenvalue weighted by molar-refractivity contribution is -0.137. The number of amides is 1. The number of ether oxygens (including phenoxy) is 1. The predicted molar refractivity (Wildman–Crippen MR) is 60.2 cm³/mol. The minimum Gasteiger partial charge on any atom is -0.478 e. The van der Waals surface area contributed by atoms with Gasteiger partial charge in [-0.1, -0.05) is 12.1 Å². The zero-order valence-electron chi connectivity index (χ0n) is 9.38. The molecule has 0 saturated carbocycles. The first-order valence-electron chi connectivity index (χ1n) is 5.41. The van der Waals surface area contributed by atoms with Crippen LogP contribution in [0.2, 0.25) is 0 Å². The quantitative estimate of drug-likeness (QED) is 0.603. The van der Waals surface area contributed by atoms with Crippen molar-refractivity contribution in [2.75, 3.05) is 0 Å². The highest BCUT2D eigenvalue weighted by molar-refractivity contribution is 5.93. The third kappa shape index (κ3) is 2.48. The van der Waals surface area contributed by atoms with Gasteiger partial charge in [-0.3, -0.25) is 4.79 Å². The van der Waals surface area contributed by atoms with Crippen LogP contribution in [0.25, 0.3) is 0 Å². The van der Waals surface area contributed by atoms with Gasteiger partial charge in [-0.2, -0.15) is 0 Å². The lowest BCUT2D eigenvalue weighted by Crippen LogP contribution is -2.36. The molecule has 6 nitrogen and oxygen atoms in total. The van der Waals surface area contributed by atoms with E-state index in [1.807, 2.05) is 0 Å². The number of nitrogens with one attached hydrogen (secondary N) is 1. The van der Waals surface area contributed by atoms with E-state index in [1.54, 1.807) is 6.07 Å². The minimum atomic E-state index is -1.17. The molecule has 94 valence electrons. The molecule has 2 N–H and O–H groups in total. The van der Waals surface area contributed by atoms with Crippen molar-refractivity contribution in [3.63, 3.8) is 0 Å². The molecule has 1 aliphatic rings. The maximum absolute atomic E-state index is 11.7. The lowest BCUT2D eigenvalue weighted by atomic mass is 10.2. The first-order valence-corrected chi connectivity index (χ1v) is 5.41. The molecule has 1 aliphatic heterocycles. The number of carbonyl (C=O) groups is 3. The van der Waals surface area contributed by atoms with E-state index in [4.69, 9.17) is 9.84 Å². The SMILES string of the molecule is O=C1CC[C@@H](C(=O)Oc2ccccc2C(=O)O)N1. The molecule has 0 bridgehead atoms. The fourth-order valence-corrected chi connectivity index (χ4v) is 1.70. The summed E-state index contributed by atoms with van der Waals surface area (Å²) in [5.74, 6) is -2.04. The molecule has 1 aromatic rings. The number of hydrogen-bond acceptors (Lipinski definition) is 4. The Hall–Kier alpha value is -2.37. The Morgan fingerprint density at radius 3 is 2.67 bits per heavy atom. The summed E-state index contributed by atoms with van der Waals surface area (Å²) in [5, 5.41) is 11.4. The Labute approximate surface area is 103 Å². The first-order chi connectivity index (χ1) is 8.58. The van der Waals surface area contributed by atoms with Crippen LogP contribution in [0.15, 0.2) is 24.3 Å². The summed E-state index contributed by atoms with van der Waals surface area (Å²) in [4.78, 5) is 33.6. The monoisotopic (exact) mass is 249 g/mol. The molecule has 1 saturated heterocycles. The number of para-hydroxylation sites is 1. The van der Waals surface area contributed by atoms with Gasteiger partial charge in [0.2, 0.25) is 5.91 Å². The van der Waals surface area contributed by atoms with Crippen LogP contribution >= 0.6 is 0 Å². The largest absolute Gasteiger partial charge is 0.478 e. The Balaban J connectivity index is 2.12. The predicted octanol–water partition coefficient (Wildman–Crippen LogP) is 0.569. The van der Waals surface area contributed by atoms with Gasteiger partial charge in [0.25, 0.3) is 0 Å². The van der Waals surface area contributed by atoms with Crippen LogP contribution < -0.4 is 10.1 Å². The summed E-state index contributed by atoms with van der Waals surface area (Å²) < 4.78 is 5.00. The number of aromatic carboxylic acids is 1. The topological polar surface area (TPSA) is 92.7 Å². The van der Waals surface area contributed by atoms with Crippen molar-refractivity contribution in [1.82, 2.24) is 5.32 Å². The fraction of sp³-hybridized carbons (Fsp3) is 0.250. The van der Waals surface area contributed by atoms with Gasteiger partial charge in [0.15, 0.2) is 0 Å². The molecule has 6 heteroatoms. The number of carboxylic acids is 1. The normalized spacial score (nSPS) is 18.2. The molecule has 18 heavy (non-hydrogen) atoms. The molecule has 1 heterocycles. The van der Waals surface area contributed by atoms with E-state index in [1.165, 1.54) is 18.2 Å². The Morgan fingerprint density at radius 1 is 1.33 bits per heavy atom. The van der Waals surface area contributed by atoms with Crippen LogP contribution in [0.3, 0.4) is 0 Å². The summed E-state index contributed by atoms with van der Waals surface area (Å²) in [6.07, 6.45) is 0.646. The second-order valence-corrected chi connectivity index (χ2v) is 3.88. The Bertz CT molecular complexity index is 511. The van der Waals surface area contributed by atoms with E-state index >= 15 is 0 Å². The molecular weight excluding hydrogens is 238 g/mol. The Kier molecular flexibility index (Phi) is 3.27. The van der Waals surface area contributed by atoms with E-state index < -0.39 is 18.0 Å². The third-order valence-corrected chi connectivity index (χ3v) is 2.61. The van der Waals surface area contributed by atoms with Gasteiger partial charge < -0.3 is 15.2 Å². The zero-order valence-corrected chi connectivity index (χ0v) is 9.38. The summed E-state index contributed by atoms with van der Waals surface area (Å²) in [7, 11) is 0. The zero-order chi connectivity index (χ0) is 13.1. The highest BCUT2D eigenvalue weighted by Gasteiger charge is 2.29. The average Bonchev–Trinajstić information content (AvgIpc) is 2.76. The van der Waals surface area contributed by atoms with Gasteiger partial charge in [-0.25, -0.2) is 9.59 Å². The molecule has 1 amide bonds. The molecule has 0 aromatic heterocycles. The second-order valence-electron chi connectivity index (χ2n) is 3.88.